The molecule has 6 aromatic rings. The Bertz CT molecular complexity index is 1870. The van der Waals surface area contributed by atoms with Crippen LogP contribution in [0.3, 0.4) is 0 Å². The number of rotatable bonds is 4. The normalized spacial score (nSPS) is 17.0. The number of allylic oxidation sites excluding steroid dienone is 4. The largest absolute Gasteiger partial charge is 0.314 e. The fourth-order valence-electron chi connectivity index (χ4n) is 6.23. The van der Waals surface area contributed by atoms with E-state index in [0.29, 0.717) is 0 Å². The van der Waals surface area contributed by atoms with Gasteiger partial charge in [-0.2, -0.15) is 0 Å². The first-order valence-electron chi connectivity index (χ1n) is 13.5. The molecular weight excluding hydrogens is 494 g/mol. The molecule has 0 N–H and O–H groups in total. The summed E-state index contributed by atoms with van der Waals surface area (Å²) in [5.74, 6) is 0.484. The summed E-state index contributed by atoms with van der Waals surface area (Å²) < 4.78 is 0. The van der Waals surface area contributed by atoms with E-state index in [0.717, 1.165) is 16.4 Å². The molecule has 0 amide bonds. The molecule has 0 aliphatic heterocycles. The van der Waals surface area contributed by atoms with Gasteiger partial charge in [0, 0.05) is 33.9 Å². The lowest BCUT2D eigenvalue weighted by molar-refractivity contribution is 0.588. The smallest absolute Gasteiger partial charge is 0.0465 e. The van der Waals surface area contributed by atoms with Gasteiger partial charge in [-0.1, -0.05) is 116 Å². The maximum Gasteiger partial charge on any atom is 0.0465 e. The van der Waals surface area contributed by atoms with Crippen LogP contribution in [0.4, 0.5) is 11.4 Å². The lowest BCUT2D eigenvalue weighted by atomic mass is 9.81. The zero-order valence-electron chi connectivity index (χ0n) is 21.8. The van der Waals surface area contributed by atoms with Crippen LogP contribution in [-0.2, 0) is 0 Å². The van der Waals surface area contributed by atoms with Gasteiger partial charge in [-0.25, -0.2) is 0 Å². The zero-order valence-corrected chi connectivity index (χ0v) is 22.5. The third-order valence-electron chi connectivity index (χ3n) is 8.08. The first-order valence-corrected chi connectivity index (χ1v) is 13.9. The Morgan fingerprint density at radius 1 is 0.564 bits per heavy atom. The van der Waals surface area contributed by atoms with Crippen molar-refractivity contribution in [3.63, 3.8) is 0 Å². The summed E-state index contributed by atoms with van der Waals surface area (Å²) in [6, 6.07) is 43.4. The molecule has 188 valence electrons. The van der Waals surface area contributed by atoms with E-state index < -0.39 is 0 Å². The average molecular weight is 522 g/mol. The van der Waals surface area contributed by atoms with E-state index >= 15 is 0 Å². The molecule has 0 saturated carbocycles. The molecule has 0 fully saturated rings. The number of anilines is 2. The lowest BCUT2D eigenvalue weighted by Gasteiger charge is -2.36. The number of halogens is 1. The molecule has 39 heavy (non-hydrogen) atoms. The van der Waals surface area contributed by atoms with Crippen molar-refractivity contribution in [1.82, 2.24) is 0 Å². The molecule has 6 aromatic carbocycles. The molecule has 0 radical (unpaired) electrons. The first-order chi connectivity index (χ1) is 19.2. The van der Waals surface area contributed by atoms with Gasteiger partial charge in [-0.3, -0.25) is 0 Å². The van der Waals surface area contributed by atoms with Crippen molar-refractivity contribution in [2.75, 3.05) is 4.90 Å². The van der Waals surface area contributed by atoms with Crippen LogP contribution in [0.25, 0.3) is 32.3 Å². The van der Waals surface area contributed by atoms with Crippen LogP contribution in [-0.4, -0.2) is 0 Å². The van der Waals surface area contributed by atoms with Gasteiger partial charge in [0.25, 0.3) is 0 Å². The lowest BCUT2D eigenvalue weighted by Crippen LogP contribution is -2.26. The van der Waals surface area contributed by atoms with Crippen molar-refractivity contribution in [1.29, 1.82) is 0 Å². The van der Waals surface area contributed by atoms with Gasteiger partial charge in [-0.15, -0.1) is 0 Å². The highest BCUT2D eigenvalue weighted by Crippen LogP contribution is 2.43. The SMILES string of the molecule is CC1C(N(c2ccccc2)c2ccc3c4ccccc4c4ccccc4c3c2)=CC=CC1c1cccc(Cl)c1. The predicted molar refractivity (Wildman–Crippen MR) is 168 cm³/mol. The number of hydrogen-bond donors (Lipinski definition) is 0. The molecule has 1 aliphatic carbocycles. The van der Waals surface area contributed by atoms with Gasteiger partial charge in [0.1, 0.15) is 0 Å². The molecule has 2 unspecified atom stereocenters. The number of fused-ring (bicyclic) bond motifs is 6. The molecule has 2 atom stereocenters. The summed E-state index contributed by atoms with van der Waals surface area (Å²) in [7, 11) is 0. The van der Waals surface area contributed by atoms with Crippen molar-refractivity contribution in [2.45, 2.75) is 12.8 Å². The van der Waals surface area contributed by atoms with Crippen molar-refractivity contribution in [2.24, 2.45) is 5.92 Å². The minimum absolute atomic E-state index is 0.236. The Morgan fingerprint density at radius 3 is 1.85 bits per heavy atom. The molecule has 1 aliphatic rings. The Balaban J connectivity index is 1.43. The molecule has 0 spiro atoms. The highest BCUT2D eigenvalue weighted by molar-refractivity contribution is 6.30. The predicted octanol–water partition coefficient (Wildman–Crippen LogP) is 10.8. The van der Waals surface area contributed by atoms with E-state index in [-0.39, 0.29) is 11.8 Å². The first kappa shape index (κ1) is 23.8. The van der Waals surface area contributed by atoms with E-state index in [4.69, 9.17) is 11.6 Å². The van der Waals surface area contributed by atoms with E-state index in [1.165, 1.54) is 43.6 Å². The summed E-state index contributed by atoms with van der Waals surface area (Å²) in [4.78, 5) is 2.43. The second kappa shape index (κ2) is 9.76. The Morgan fingerprint density at radius 2 is 1.18 bits per heavy atom. The van der Waals surface area contributed by atoms with Crippen molar-refractivity contribution in [3.05, 3.63) is 156 Å². The standard InChI is InChI=1S/C37H28ClN/c1-25-30(26-11-9-12-27(38)23-26)19-10-20-37(25)39(28-13-3-2-4-14-28)29-21-22-35-33-17-6-5-15-31(33)32-16-7-8-18-34(32)36(35)24-29/h2-25,30H,1H3. The van der Waals surface area contributed by atoms with Crippen LogP contribution in [0, 0.1) is 5.92 Å². The molecule has 0 aromatic heterocycles. The van der Waals surface area contributed by atoms with Crippen LogP contribution in [0.2, 0.25) is 5.02 Å². The third-order valence-corrected chi connectivity index (χ3v) is 8.32. The average Bonchev–Trinajstić information content (AvgIpc) is 2.99. The molecular formula is C37H28ClN. The van der Waals surface area contributed by atoms with E-state index in [1.807, 2.05) is 12.1 Å². The van der Waals surface area contributed by atoms with Crippen molar-refractivity contribution >= 4 is 55.3 Å². The van der Waals surface area contributed by atoms with Crippen LogP contribution in [0.15, 0.2) is 145 Å². The second-order valence-electron chi connectivity index (χ2n) is 10.3. The van der Waals surface area contributed by atoms with Crippen molar-refractivity contribution in [3.8, 4) is 0 Å². The molecule has 0 heterocycles. The summed E-state index contributed by atoms with van der Waals surface area (Å²) >= 11 is 6.40. The highest BCUT2D eigenvalue weighted by atomic mass is 35.5. The van der Waals surface area contributed by atoms with Crippen LogP contribution >= 0.6 is 11.6 Å². The summed E-state index contributed by atoms with van der Waals surface area (Å²) in [5, 5.41) is 8.49. The maximum atomic E-state index is 6.40. The number of benzene rings is 6. The van der Waals surface area contributed by atoms with E-state index in [2.05, 4.69) is 139 Å². The second-order valence-corrected chi connectivity index (χ2v) is 10.8. The van der Waals surface area contributed by atoms with Crippen LogP contribution in [0.1, 0.15) is 18.4 Å². The third kappa shape index (κ3) is 4.11. The zero-order chi connectivity index (χ0) is 26.3. The topological polar surface area (TPSA) is 3.24 Å². The van der Waals surface area contributed by atoms with E-state index in [1.54, 1.807) is 0 Å². The van der Waals surface area contributed by atoms with Gasteiger partial charge in [0.05, 0.1) is 0 Å². The van der Waals surface area contributed by atoms with Gasteiger partial charge in [0.15, 0.2) is 0 Å². The molecule has 2 heteroatoms. The van der Waals surface area contributed by atoms with Crippen molar-refractivity contribution < 1.29 is 0 Å². The fourth-order valence-corrected chi connectivity index (χ4v) is 6.43. The van der Waals surface area contributed by atoms with Gasteiger partial charge in [-0.05, 0) is 80.4 Å². The quantitative estimate of drug-likeness (QED) is 0.208. The van der Waals surface area contributed by atoms with Gasteiger partial charge >= 0.3 is 0 Å². The molecule has 0 saturated heterocycles. The molecule has 7 rings (SSSR count). The number of para-hydroxylation sites is 1. The molecule has 1 nitrogen and oxygen atoms in total. The van der Waals surface area contributed by atoms with Gasteiger partial charge < -0.3 is 4.90 Å². The van der Waals surface area contributed by atoms with Crippen LogP contribution < -0.4 is 4.90 Å². The minimum atomic E-state index is 0.236. The number of hydrogen-bond acceptors (Lipinski definition) is 1. The van der Waals surface area contributed by atoms with Crippen LogP contribution in [0.5, 0.6) is 0 Å². The summed E-state index contributed by atoms with van der Waals surface area (Å²) in [6.07, 6.45) is 6.76. The number of nitrogens with zero attached hydrogens (tertiary/aromatic N) is 1. The van der Waals surface area contributed by atoms with Gasteiger partial charge in [0.2, 0.25) is 0 Å². The maximum absolute atomic E-state index is 6.40. The monoisotopic (exact) mass is 521 g/mol. The Hall–Kier alpha value is -4.33. The van der Waals surface area contributed by atoms with E-state index in [9.17, 15) is 0 Å². The summed E-state index contributed by atoms with van der Waals surface area (Å²) in [6.45, 7) is 2.32. The fraction of sp³-hybridized carbons (Fsp3) is 0.0811. The Labute approximate surface area is 234 Å². The highest BCUT2D eigenvalue weighted by Gasteiger charge is 2.28. The molecule has 0 bridgehead atoms. The summed E-state index contributed by atoms with van der Waals surface area (Å²) in [5.41, 5.74) is 4.81. The minimum Gasteiger partial charge on any atom is -0.314 e. The Kier molecular flexibility index (Phi) is 5.95.